The second kappa shape index (κ2) is 9.14. The van der Waals surface area contributed by atoms with Crippen molar-refractivity contribution in [1.82, 2.24) is 19.9 Å². The van der Waals surface area contributed by atoms with Gasteiger partial charge in [0.15, 0.2) is 0 Å². The first kappa shape index (κ1) is 21.4. The van der Waals surface area contributed by atoms with Crippen LogP contribution in [0.1, 0.15) is 5.56 Å². The van der Waals surface area contributed by atoms with E-state index in [1.54, 1.807) is 36.9 Å². The van der Waals surface area contributed by atoms with Gasteiger partial charge in [-0.1, -0.05) is 35.3 Å². The molecular weight excluding hydrogens is 497 g/mol. The topological polar surface area (TPSA) is 77.6 Å². The number of hydrogen-bond acceptors (Lipinski definition) is 5. The number of nitrogens with zero attached hydrogens (tertiary/aromatic N) is 4. The van der Waals surface area contributed by atoms with E-state index >= 15 is 0 Å². The van der Waals surface area contributed by atoms with Gasteiger partial charge in [0.05, 0.1) is 16.6 Å². The normalized spacial score (nSPS) is 10.7. The van der Waals surface area contributed by atoms with Crippen LogP contribution in [-0.2, 0) is 0 Å². The highest BCUT2D eigenvalue weighted by molar-refractivity contribution is 9.10. The molecule has 0 radical (unpaired) electrons. The fourth-order valence-electron chi connectivity index (χ4n) is 3.07. The number of anilines is 1. The summed E-state index contributed by atoms with van der Waals surface area (Å²) in [6, 6.07) is 13.2. The summed E-state index contributed by atoms with van der Waals surface area (Å²) in [5.74, 6) is 0. The molecule has 0 aliphatic rings. The van der Waals surface area contributed by atoms with E-state index in [-0.39, 0.29) is 0 Å². The molecule has 5 rings (SSSR count). The SMILES string of the molecule is Cc1ccc(-c2cc(Cl)cc3nccnc23)cc1N.Clc1cc(Br)c2nccnc2c1. The Morgan fingerprint density at radius 1 is 0.742 bits per heavy atom. The Morgan fingerprint density at radius 3 is 2.00 bits per heavy atom. The van der Waals surface area contributed by atoms with Crippen LogP contribution in [0.5, 0.6) is 0 Å². The smallest absolute Gasteiger partial charge is 0.103 e. The molecule has 0 bridgehead atoms. The Kier molecular flexibility index (Phi) is 6.32. The van der Waals surface area contributed by atoms with Crippen LogP contribution in [0.3, 0.4) is 0 Å². The van der Waals surface area contributed by atoms with Crippen LogP contribution >= 0.6 is 39.1 Å². The lowest BCUT2D eigenvalue weighted by Gasteiger charge is -2.08. The molecule has 154 valence electrons. The highest BCUT2D eigenvalue weighted by Crippen LogP contribution is 2.31. The van der Waals surface area contributed by atoms with Gasteiger partial charge in [-0.05, 0) is 64.3 Å². The molecule has 2 aromatic heterocycles. The van der Waals surface area contributed by atoms with Crippen LogP contribution in [0.2, 0.25) is 10.0 Å². The number of nitrogens with two attached hydrogens (primary N) is 1. The summed E-state index contributed by atoms with van der Waals surface area (Å²) in [5.41, 5.74) is 13.0. The Balaban J connectivity index is 0.000000166. The number of fused-ring (bicyclic) bond motifs is 2. The molecule has 2 N–H and O–H groups in total. The second-order valence-electron chi connectivity index (χ2n) is 6.76. The van der Waals surface area contributed by atoms with Gasteiger partial charge in [0.1, 0.15) is 5.52 Å². The monoisotopic (exact) mass is 511 g/mol. The average Bonchev–Trinajstić information content (AvgIpc) is 2.75. The van der Waals surface area contributed by atoms with E-state index in [2.05, 4.69) is 35.9 Å². The fraction of sp³-hybridized carbons (Fsp3) is 0.0435. The zero-order chi connectivity index (χ0) is 22.0. The maximum absolute atomic E-state index is 6.15. The Hall–Kier alpha value is -2.80. The maximum Gasteiger partial charge on any atom is 0.103 e. The molecule has 0 aliphatic heterocycles. The number of rotatable bonds is 1. The molecule has 5 nitrogen and oxygen atoms in total. The highest BCUT2D eigenvalue weighted by atomic mass is 79.9. The van der Waals surface area contributed by atoms with Crippen LogP contribution in [0.25, 0.3) is 33.2 Å². The van der Waals surface area contributed by atoms with E-state index < -0.39 is 0 Å². The van der Waals surface area contributed by atoms with Gasteiger partial charge in [-0.15, -0.1) is 0 Å². The first-order chi connectivity index (χ1) is 14.9. The van der Waals surface area contributed by atoms with E-state index in [0.29, 0.717) is 10.0 Å². The van der Waals surface area contributed by atoms with E-state index in [9.17, 15) is 0 Å². The molecule has 0 unspecified atom stereocenters. The van der Waals surface area contributed by atoms with Crippen molar-refractivity contribution in [3.8, 4) is 11.1 Å². The third-order valence-electron chi connectivity index (χ3n) is 4.62. The van der Waals surface area contributed by atoms with Crippen molar-refractivity contribution in [2.75, 3.05) is 5.73 Å². The van der Waals surface area contributed by atoms with Gasteiger partial charge in [0, 0.05) is 50.6 Å². The number of benzene rings is 3. The summed E-state index contributed by atoms with van der Waals surface area (Å²) in [5, 5.41) is 1.30. The Bertz CT molecular complexity index is 1410. The summed E-state index contributed by atoms with van der Waals surface area (Å²) in [7, 11) is 0. The number of halogens is 3. The zero-order valence-electron chi connectivity index (χ0n) is 16.4. The zero-order valence-corrected chi connectivity index (χ0v) is 19.4. The van der Waals surface area contributed by atoms with Crippen LogP contribution in [0.15, 0.2) is 71.7 Å². The average molecular weight is 513 g/mol. The van der Waals surface area contributed by atoms with Crippen molar-refractivity contribution >= 4 is 66.9 Å². The van der Waals surface area contributed by atoms with Crippen molar-refractivity contribution in [3.05, 3.63) is 87.3 Å². The quantitative estimate of drug-likeness (QED) is 0.247. The first-order valence-corrected chi connectivity index (χ1v) is 10.8. The predicted molar refractivity (Wildman–Crippen MR) is 131 cm³/mol. The minimum atomic E-state index is 0.641. The number of aromatic nitrogens is 4. The molecule has 31 heavy (non-hydrogen) atoms. The molecule has 0 saturated heterocycles. The molecule has 8 heteroatoms. The summed E-state index contributed by atoms with van der Waals surface area (Å²) in [6.07, 6.45) is 6.63. The molecule has 0 fully saturated rings. The fourth-order valence-corrected chi connectivity index (χ4v) is 4.18. The summed E-state index contributed by atoms with van der Waals surface area (Å²) >= 11 is 15.3. The summed E-state index contributed by atoms with van der Waals surface area (Å²) in [4.78, 5) is 17.0. The number of hydrogen-bond donors (Lipinski definition) is 1. The molecular formula is C23H16BrCl2N5. The van der Waals surface area contributed by atoms with Crippen LogP contribution in [0, 0.1) is 6.92 Å². The standard InChI is InChI=1S/C15H12ClN3.C8H4BrClN2/c1-9-2-3-10(6-13(9)17)12-7-11(16)8-14-15(12)19-5-4-18-14;9-6-3-5(10)4-7-8(6)12-2-1-11-7/h2-8H,17H2,1H3;1-4H. The van der Waals surface area contributed by atoms with Gasteiger partial charge in [0.2, 0.25) is 0 Å². The van der Waals surface area contributed by atoms with Gasteiger partial charge in [-0.3, -0.25) is 19.9 Å². The van der Waals surface area contributed by atoms with E-state index in [1.165, 1.54) is 0 Å². The maximum atomic E-state index is 6.15. The summed E-state index contributed by atoms with van der Waals surface area (Å²) in [6.45, 7) is 1.98. The number of aryl methyl sites for hydroxylation is 1. The van der Waals surface area contributed by atoms with Gasteiger partial charge in [-0.2, -0.15) is 0 Å². The van der Waals surface area contributed by atoms with Crippen molar-refractivity contribution in [2.24, 2.45) is 0 Å². The van der Waals surface area contributed by atoms with Crippen molar-refractivity contribution in [3.63, 3.8) is 0 Å². The predicted octanol–water partition coefficient (Wildman–Crippen LogP) is 6.89. The molecule has 0 saturated carbocycles. The lowest BCUT2D eigenvalue weighted by Crippen LogP contribution is -1.92. The lowest BCUT2D eigenvalue weighted by atomic mass is 10.0. The molecule has 3 aromatic carbocycles. The van der Waals surface area contributed by atoms with Crippen molar-refractivity contribution in [2.45, 2.75) is 6.92 Å². The van der Waals surface area contributed by atoms with Gasteiger partial charge in [-0.25, -0.2) is 0 Å². The third-order valence-corrected chi connectivity index (χ3v) is 5.66. The third kappa shape index (κ3) is 4.77. The Morgan fingerprint density at radius 2 is 1.32 bits per heavy atom. The van der Waals surface area contributed by atoms with Crippen LogP contribution < -0.4 is 5.73 Å². The molecule has 0 amide bonds. The molecule has 0 aliphatic carbocycles. The minimum absolute atomic E-state index is 0.641. The minimum Gasteiger partial charge on any atom is -0.398 e. The largest absolute Gasteiger partial charge is 0.398 e. The molecule has 0 spiro atoms. The van der Waals surface area contributed by atoms with Crippen molar-refractivity contribution in [1.29, 1.82) is 0 Å². The van der Waals surface area contributed by atoms with Gasteiger partial charge >= 0.3 is 0 Å². The van der Waals surface area contributed by atoms with E-state index in [1.807, 2.05) is 37.3 Å². The highest BCUT2D eigenvalue weighted by Gasteiger charge is 2.09. The second-order valence-corrected chi connectivity index (χ2v) is 8.49. The first-order valence-electron chi connectivity index (χ1n) is 9.25. The lowest BCUT2D eigenvalue weighted by molar-refractivity contribution is 1.29. The Labute approximate surface area is 197 Å². The van der Waals surface area contributed by atoms with Crippen LogP contribution in [-0.4, -0.2) is 19.9 Å². The molecule has 0 atom stereocenters. The van der Waals surface area contributed by atoms with Gasteiger partial charge in [0.25, 0.3) is 0 Å². The molecule has 2 heterocycles. The van der Waals surface area contributed by atoms with E-state index in [4.69, 9.17) is 28.9 Å². The van der Waals surface area contributed by atoms with Crippen molar-refractivity contribution < 1.29 is 0 Å². The van der Waals surface area contributed by atoms with Gasteiger partial charge < -0.3 is 5.73 Å². The number of nitrogen functional groups attached to an aromatic ring is 1. The summed E-state index contributed by atoms with van der Waals surface area (Å²) < 4.78 is 0.873. The van der Waals surface area contributed by atoms with Crippen LogP contribution in [0.4, 0.5) is 5.69 Å². The molecule has 5 aromatic rings. The van der Waals surface area contributed by atoms with E-state index in [0.717, 1.165) is 48.9 Å².